The Bertz CT molecular complexity index is 1890. The minimum atomic E-state index is -3.72. The van der Waals surface area contributed by atoms with Crippen molar-refractivity contribution in [3.8, 4) is 5.75 Å². The van der Waals surface area contributed by atoms with Crippen LogP contribution in [-0.2, 0) is 23.1 Å². The summed E-state index contributed by atoms with van der Waals surface area (Å²) in [6.07, 6.45) is 2.10. The molecule has 0 saturated heterocycles. The molecule has 5 aromatic rings. The second kappa shape index (κ2) is 13.3. The highest BCUT2D eigenvalue weighted by molar-refractivity contribution is 7.89. The standard InChI is InChI=1S/C30H26ClFN6O3S2/c31-26-16-23(7-11-28(26)41-17-20-2-1-3-21(32)14-20)37-29-25-15-22(6-10-27(25)35-18-36-29)38-30(42)34-13-12-19-4-8-24(9-5-19)43(33,39)40/h1-11,14-16,18H,12-13,17H2,(H2,33,39,40)(H2,34,38,42)(H,35,36,37). The molecule has 5 N–H and O–H groups in total. The molecule has 0 unspecified atom stereocenters. The first kappa shape index (κ1) is 30.1. The molecule has 0 amide bonds. The molecular weight excluding hydrogens is 611 g/mol. The van der Waals surface area contributed by atoms with Crippen LogP contribution in [0.25, 0.3) is 10.9 Å². The van der Waals surface area contributed by atoms with Gasteiger partial charge in [-0.15, -0.1) is 0 Å². The minimum absolute atomic E-state index is 0.0716. The van der Waals surface area contributed by atoms with Crippen molar-refractivity contribution < 1.29 is 17.5 Å². The van der Waals surface area contributed by atoms with E-state index in [0.717, 1.165) is 22.2 Å². The summed E-state index contributed by atoms with van der Waals surface area (Å²) in [5.41, 5.74) is 3.79. The van der Waals surface area contributed by atoms with E-state index in [0.29, 0.717) is 45.9 Å². The number of sulfonamides is 1. The van der Waals surface area contributed by atoms with Crippen LogP contribution in [0.4, 0.5) is 21.6 Å². The van der Waals surface area contributed by atoms with E-state index in [9.17, 15) is 12.8 Å². The average Bonchev–Trinajstić information content (AvgIpc) is 2.97. The van der Waals surface area contributed by atoms with E-state index in [1.807, 2.05) is 24.3 Å². The molecule has 5 rings (SSSR count). The number of ether oxygens (including phenoxy) is 1. The van der Waals surface area contributed by atoms with E-state index in [1.165, 1.54) is 30.6 Å². The van der Waals surface area contributed by atoms with Gasteiger partial charge in [0, 0.05) is 23.3 Å². The van der Waals surface area contributed by atoms with Gasteiger partial charge in [0.15, 0.2) is 5.11 Å². The Kier molecular flexibility index (Phi) is 9.31. The van der Waals surface area contributed by atoms with Crippen LogP contribution in [0.3, 0.4) is 0 Å². The SMILES string of the molecule is NS(=O)(=O)c1ccc(CCNC(=S)Nc2ccc3ncnc(Nc4ccc(OCc5cccc(F)c5)c(Cl)c4)c3c2)cc1. The lowest BCUT2D eigenvalue weighted by Crippen LogP contribution is -2.30. The smallest absolute Gasteiger partial charge is 0.238 e. The Morgan fingerprint density at radius 2 is 1.74 bits per heavy atom. The number of hydrogen-bond donors (Lipinski definition) is 4. The number of nitrogens with two attached hydrogens (primary N) is 1. The van der Waals surface area contributed by atoms with Crippen LogP contribution in [0.15, 0.2) is 96.2 Å². The second-order valence-electron chi connectivity index (χ2n) is 9.46. The van der Waals surface area contributed by atoms with Crippen LogP contribution in [0.2, 0.25) is 5.02 Å². The number of anilines is 3. The number of halogens is 2. The Balaban J connectivity index is 1.20. The normalized spacial score (nSPS) is 11.2. The highest BCUT2D eigenvalue weighted by atomic mass is 35.5. The van der Waals surface area contributed by atoms with Crippen LogP contribution in [-0.4, -0.2) is 30.0 Å². The number of aromatic nitrogens is 2. The number of primary sulfonamides is 1. The topological polar surface area (TPSA) is 131 Å². The Morgan fingerprint density at radius 1 is 0.953 bits per heavy atom. The highest BCUT2D eigenvalue weighted by Crippen LogP contribution is 2.31. The van der Waals surface area contributed by atoms with Gasteiger partial charge in [-0.1, -0.05) is 35.9 Å². The monoisotopic (exact) mass is 636 g/mol. The van der Waals surface area contributed by atoms with Crippen LogP contribution in [0.5, 0.6) is 5.75 Å². The predicted octanol–water partition coefficient (Wildman–Crippen LogP) is 5.92. The summed E-state index contributed by atoms with van der Waals surface area (Å²) in [7, 11) is -3.72. The molecule has 0 aliphatic heterocycles. The van der Waals surface area contributed by atoms with Crippen molar-refractivity contribution in [2.75, 3.05) is 17.2 Å². The molecule has 9 nitrogen and oxygen atoms in total. The second-order valence-corrected chi connectivity index (χ2v) is 11.8. The van der Waals surface area contributed by atoms with E-state index in [-0.39, 0.29) is 17.3 Å². The maximum absolute atomic E-state index is 13.4. The van der Waals surface area contributed by atoms with Crippen molar-refractivity contribution in [2.45, 2.75) is 17.9 Å². The molecular formula is C30H26ClFN6O3S2. The van der Waals surface area contributed by atoms with Gasteiger partial charge in [0.1, 0.15) is 30.3 Å². The zero-order chi connectivity index (χ0) is 30.4. The number of fused-ring (bicyclic) bond motifs is 1. The van der Waals surface area contributed by atoms with Gasteiger partial charge in [0.2, 0.25) is 10.0 Å². The quantitative estimate of drug-likeness (QED) is 0.138. The molecule has 4 aromatic carbocycles. The average molecular weight is 637 g/mol. The van der Waals surface area contributed by atoms with Crippen molar-refractivity contribution in [1.29, 1.82) is 0 Å². The first-order valence-corrected chi connectivity index (χ1v) is 15.3. The molecule has 0 aliphatic carbocycles. The minimum Gasteiger partial charge on any atom is -0.487 e. The van der Waals surface area contributed by atoms with Gasteiger partial charge in [0.05, 0.1) is 15.4 Å². The third-order valence-corrected chi connectivity index (χ3v) is 7.79. The lowest BCUT2D eigenvalue weighted by atomic mass is 10.1. The molecule has 1 aromatic heterocycles. The summed E-state index contributed by atoms with van der Waals surface area (Å²) in [4.78, 5) is 8.83. The van der Waals surface area contributed by atoms with E-state index in [1.54, 1.807) is 36.4 Å². The Labute approximate surface area is 258 Å². The third-order valence-electron chi connectivity index (χ3n) is 6.32. The molecule has 220 valence electrons. The third kappa shape index (κ3) is 8.14. The van der Waals surface area contributed by atoms with Crippen LogP contribution in [0, 0.1) is 5.82 Å². The summed E-state index contributed by atoms with van der Waals surface area (Å²) in [5, 5.41) is 16.3. The lowest BCUT2D eigenvalue weighted by Gasteiger charge is -2.14. The maximum atomic E-state index is 13.4. The Morgan fingerprint density at radius 3 is 2.49 bits per heavy atom. The lowest BCUT2D eigenvalue weighted by molar-refractivity contribution is 0.306. The summed E-state index contributed by atoms with van der Waals surface area (Å²) < 4.78 is 42.1. The highest BCUT2D eigenvalue weighted by Gasteiger charge is 2.10. The number of nitrogens with zero attached hydrogens (tertiary/aromatic N) is 2. The predicted molar refractivity (Wildman–Crippen MR) is 171 cm³/mol. The summed E-state index contributed by atoms with van der Waals surface area (Å²) in [6.45, 7) is 0.717. The van der Waals surface area contributed by atoms with Gasteiger partial charge >= 0.3 is 0 Å². The number of nitrogens with one attached hydrogen (secondary N) is 3. The number of thiocarbonyl (C=S) groups is 1. The van der Waals surface area contributed by atoms with Crippen molar-refractivity contribution in [3.05, 3.63) is 113 Å². The molecule has 13 heteroatoms. The zero-order valence-electron chi connectivity index (χ0n) is 22.6. The molecule has 43 heavy (non-hydrogen) atoms. The fourth-order valence-electron chi connectivity index (χ4n) is 4.20. The molecule has 1 heterocycles. The van der Waals surface area contributed by atoms with Gasteiger partial charge in [0.25, 0.3) is 0 Å². The van der Waals surface area contributed by atoms with Crippen molar-refractivity contribution in [1.82, 2.24) is 15.3 Å². The zero-order valence-corrected chi connectivity index (χ0v) is 24.9. The van der Waals surface area contributed by atoms with E-state index in [2.05, 4.69) is 25.9 Å². The van der Waals surface area contributed by atoms with Crippen LogP contribution in [0.1, 0.15) is 11.1 Å². The first-order chi connectivity index (χ1) is 20.6. The van der Waals surface area contributed by atoms with Crippen LogP contribution >= 0.6 is 23.8 Å². The first-order valence-electron chi connectivity index (χ1n) is 13.0. The summed E-state index contributed by atoms with van der Waals surface area (Å²) >= 11 is 11.9. The van der Waals surface area contributed by atoms with Gasteiger partial charge in [-0.25, -0.2) is 27.9 Å². The maximum Gasteiger partial charge on any atom is 0.238 e. The molecule has 0 bridgehead atoms. The summed E-state index contributed by atoms with van der Waals surface area (Å²) in [5.74, 6) is 0.713. The van der Waals surface area contributed by atoms with Crippen molar-refractivity contribution in [3.63, 3.8) is 0 Å². The molecule has 0 saturated carbocycles. The van der Waals surface area contributed by atoms with Gasteiger partial charge in [-0.05, 0) is 90.4 Å². The van der Waals surface area contributed by atoms with Crippen molar-refractivity contribution in [2.24, 2.45) is 5.14 Å². The molecule has 0 atom stereocenters. The van der Waals surface area contributed by atoms with E-state index < -0.39 is 10.0 Å². The van der Waals surface area contributed by atoms with Gasteiger partial charge in [-0.2, -0.15) is 0 Å². The van der Waals surface area contributed by atoms with Crippen molar-refractivity contribution >= 4 is 67.1 Å². The van der Waals surface area contributed by atoms with Gasteiger partial charge < -0.3 is 20.7 Å². The molecule has 0 radical (unpaired) electrons. The number of benzene rings is 4. The van der Waals surface area contributed by atoms with Gasteiger partial charge in [-0.3, -0.25) is 0 Å². The van der Waals surface area contributed by atoms with E-state index >= 15 is 0 Å². The van der Waals surface area contributed by atoms with E-state index in [4.69, 9.17) is 33.7 Å². The Hall–Kier alpha value is -4.36. The fraction of sp³-hybridized carbons (Fsp3) is 0.100. The van der Waals surface area contributed by atoms with Crippen LogP contribution < -0.4 is 25.8 Å². The molecule has 0 fully saturated rings. The number of rotatable bonds is 10. The largest absolute Gasteiger partial charge is 0.487 e. The molecule has 0 spiro atoms. The number of hydrogen-bond acceptors (Lipinski definition) is 7. The summed E-state index contributed by atoms with van der Waals surface area (Å²) in [6, 6.07) is 23.5. The molecule has 0 aliphatic rings. The fourth-order valence-corrected chi connectivity index (χ4v) is 5.17.